The van der Waals surface area contributed by atoms with E-state index in [9.17, 15) is 4.79 Å². The molecule has 0 fully saturated rings. The molecule has 122 valence electrons. The number of thiazole rings is 1. The molecule has 1 N–H and O–H groups in total. The minimum atomic E-state index is -0.166. The highest BCUT2D eigenvalue weighted by Gasteiger charge is 2.08. The van der Waals surface area contributed by atoms with Gasteiger partial charge in [0.25, 0.3) is 5.91 Å². The molecular formula is C19H19N3OS. The van der Waals surface area contributed by atoms with Crippen molar-refractivity contribution in [3.05, 3.63) is 71.0 Å². The molecule has 5 heteroatoms. The van der Waals surface area contributed by atoms with Crippen molar-refractivity contribution < 1.29 is 4.79 Å². The summed E-state index contributed by atoms with van der Waals surface area (Å²) in [6, 6.07) is 13.4. The fraction of sp³-hybridized carbons (Fsp3) is 0.211. The van der Waals surface area contributed by atoms with E-state index in [4.69, 9.17) is 0 Å². The van der Waals surface area contributed by atoms with Crippen molar-refractivity contribution in [3.8, 4) is 10.6 Å². The van der Waals surface area contributed by atoms with Crippen LogP contribution < -0.4 is 5.32 Å². The maximum atomic E-state index is 12.0. The van der Waals surface area contributed by atoms with Crippen molar-refractivity contribution in [2.24, 2.45) is 0 Å². The van der Waals surface area contributed by atoms with Crippen molar-refractivity contribution in [1.82, 2.24) is 15.3 Å². The quantitative estimate of drug-likeness (QED) is 0.757. The minimum absolute atomic E-state index is 0.166. The highest BCUT2D eigenvalue weighted by Crippen LogP contribution is 2.26. The lowest BCUT2D eigenvalue weighted by molar-refractivity contribution is 0.0946. The average molecular weight is 337 g/mol. The molecule has 0 spiro atoms. The zero-order valence-electron chi connectivity index (χ0n) is 13.7. The van der Waals surface area contributed by atoms with E-state index >= 15 is 0 Å². The third kappa shape index (κ3) is 3.86. The van der Waals surface area contributed by atoms with Crippen molar-refractivity contribution >= 4 is 17.2 Å². The number of carbonyl (C=O) groups is 1. The summed E-state index contributed by atoms with van der Waals surface area (Å²) in [6.07, 6.45) is 1.61. The monoisotopic (exact) mass is 337 g/mol. The van der Waals surface area contributed by atoms with Gasteiger partial charge in [0.05, 0.1) is 5.69 Å². The standard InChI is InChI=1S/C19H19N3OS/c1-13(2)17-12-24-19(22-17)15-8-6-14(7-9-15)11-21-18(23)16-5-3-4-10-20-16/h3-10,12-13H,11H2,1-2H3,(H,21,23). The molecule has 4 nitrogen and oxygen atoms in total. The van der Waals surface area contributed by atoms with Gasteiger partial charge in [0.15, 0.2) is 0 Å². The van der Waals surface area contributed by atoms with Gasteiger partial charge in [0, 0.05) is 23.7 Å². The first kappa shape index (κ1) is 16.3. The van der Waals surface area contributed by atoms with E-state index < -0.39 is 0 Å². The van der Waals surface area contributed by atoms with Gasteiger partial charge in [-0.05, 0) is 23.6 Å². The van der Waals surface area contributed by atoms with Gasteiger partial charge in [0.2, 0.25) is 0 Å². The third-order valence-corrected chi connectivity index (χ3v) is 4.57. The van der Waals surface area contributed by atoms with Crippen molar-refractivity contribution in [2.75, 3.05) is 0 Å². The van der Waals surface area contributed by atoms with Crippen LogP contribution in [-0.2, 0) is 6.54 Å². The van der Waals surface area contributed by atoms with Crippen LogP contribution in [0.1, 0.15) is 41.5 Å². The van der Waals surface area contributed by atoms with Crippen LogP contribution in [0.5, 0.6) is 0 Å². The van der Waals surface area contributed by atoms with Crippen LogP contribution in [0.3, 0.4) is 0 Å². The van der Waals surface area contributed by atoms with Gasteiger partial charge in [-0.3, -0.25) is 9.78 Å². The van der Waals surface area contributed by atoms with Crippen LogP contribution in [0.4, 0.5) is 0 Å². The van der Waals surface area contributed by atoms with Gasteiger partial charge in [-0.15, -0.1) is 11.3 Å². The van der Waals surface area contributed by atoms with Crippen molar-refractivity contribution in [1.29, 1.82) is 0 Å². The Bertz CT molecular complexity index is 810. The molecule has 0 unspecified atom stereocenters. The first-order valence-electron chi connectivity index (χ1n) is 7.87. The van der Waals surface area contributed by atoms with Crippen LogP contribution in [0.2, 0.25) is 0 Å². The maximum Gasteiger partial charge on any atom is 0.270 e. The number of carbonyl (C=O) groups excluding carboxylic acids is 1. The number of amides is 1. The molecular weight excluding hydrogens is 318 g/mol. The molecule has 0 atom stereocenters. The van der Waals surface area contributed by atoms with Crippen molar-refractivity contribution in [2.45, 2.75) is 26.3 Å². The van der Waals surface area contributed by atoms with Gasteiger partial charge >= 0.3 is 0 Å². The summed E-state index contributed by atoms with van der Waals surface area (Å²) in [5.41, 5.74) is 3.70. The fourth-order valence-electron chi connectivity index (χ4n) is 2.22. The summed E-state index contributed by atoms with van der Waals surface area (Å²) < 4.78 is 0. The fourth-order valence-corrected chi connectivity index (χ4v) is 3.21. The number of aromatic nitrogens is 2. The smallest absolute Gasteiger partial charge is 0.270 e. The van der Waals surface area contributed by atoms with Crippen LogP contribution in [-0.4, -0.2) is 15.9 Å². The molecule has 0 saturated carbocycles. The van der Waals surface area contributed by atoms with Gasteiger partial charge in [0.1, 0.15) is 10.7 Å². The lowest BCUT2D eigenvalue weighted by atomic mass is 10.1. The predicted octanol–water partition coefficient (Wildman–Crippen LogP) is 4.26. The Morgan fingerprint density at radius 3 is 2.58 bits per heavy atom. The second kappa shape index (κ2) is 7.36. The number of hydrogen-bond acceptors (Lipinski definition) is 4. The molecule has 0 aliphatic heterocycles. The molecule has 2 heterocycles. The van der Waals surface area contributed by atoms with Gasteiger partial charge in [-0.25, -0.2) is 4.98 Å². The summed E-state index contributed by atoms with van der Waals surface area (Å²) >= 11 is 1.66. The first-order valence-corrected chi connectivity index (χ1v) is 8.75. The number of nitrogens with one attached hydrogen (secondary N) is 1. The van der Waals surface area contributed by atoms with E-state index in [1.165, 1.54) is 0 Å². The van der Waals surface area contributed by atoms with Gasteiger partial charge in [-0.2, -0.15) is 0 Å². The summed E-state index contributed by atoms with van der Waals surface area (Å²) in [5, 5.41) is 6.02. The van der Waals surface area contributed by atoms with Crippen LogP contribution in [0.25, 0.3) is 10.6 Å². The molecule has 0 aliphatic carbocycles. The van der Waals surface area contributed by atoms with Gasteiger partial charge < -0.3 is 5.32 Å². The zero-order chi connectivity index (χ0) is 16.9. The molecule has 3 rings (SSSR count). The molecule has 24 heavy (non-hydrogen) atoms. The average Bonchev–Trinajstić information content (AvgIpc) is 3.11. The first-order chi connectivity index (χ1) is 11.6. The summed E-state index contributed by atoms with van der Waals surface area (Å²) in [6.45, 7) is 4.77. The van der Waals surface area contributed by atoms with Crippen molar-refractivity contribution in [3.63, 3.8) is 0 Å². The zero-order valence-corrected chi connectivity index (χ0v) is 14.5. The molecule has 0 bridgehead atoms. The number of rotatable bonds is 5. The molecule has 0 aliphatic rings. The Morgan fingerprint density at radius 1 is 1.17 bits per heavy atom. The summed E-state index contributed by atoms with van der Waals surface area (Å²) in [5.74, 6) is 0.275. The molecule has 3 aromatic rings. The Labute approximate surface area is 145 Å². The number of benzene rings is 1. The lowest BCUT2D eigenvalue weighted by Gasteiger charge is -2.05. The molecule has 0 radical (unpaired) electrons. The van der Waals surface area contributed by atoms with E-state index in [2.05, 4.69) is 34.5 Å². The second-order valence-corrected chi connectivity index (χ2v) is 6.68. The Hall–Kier alpha value is -2.53. The minimum Gasteiger partial charge on any atom is -0.347 e. The Balaban J connectivity index is 1.63. The van der Waals surface area contributed by atoms with Crippen LogP contribution >= 0.6 is 11.3 Å². The summed E-state index contributed by atoms with van der Waals surface area (Å²) in [7, 11) is 0. The molecule has 1 aromatic carbocycles. The van der Waals surface area contributed by atoms with E-state index in [0.29, 0.717) is 18.2 Å². The lowest BCUT2D eigenvalue weighted by Crippen LogP contribution is -2.23. The Morgan fingerprint density at radius 2 is 1.96 bits per heavy atom. The van der Waals surface area contributed by atoms with E-state index in [0.717, 1.165) is 21.8 Å². The number of nitrogens with zero attached hydrogens (tertiary/aromatic N) is 2. The highest BCUT2D eigenvalue weighted by atomic mass is 32.1. The van der Waals surface area contributed by atoms with Gasteiger partial charge in [-0.1, -0.05) is 44.2 Å². The topological polar surface area (TPSA) is 54.9 Å². The third-order valence-electron chi connectivity index (χ3n) is 3.66. The molecule has 2 aromatic heterocycles. The molecule has 1 amide bonds. The van der Waals surface area contributed by atoms with E-state index in [1.807, 2.05) is 24.3 Å². The number of pyridine rings is 1. The summed E-state index contributed by atoms with van der Waals surface area (Å²) in [4.78, 5) is 20.7. The second-order valence-electron chi connectivity index (χ2n) is 5.83. The SMILES string of the molecule is CC(C)c1csc(-c2ccc(CNC(=O)c3ccccn3)cc2)n1. The predicted molar refractivity (Wildman–Crippen MR) is 97.0 cm³/mol. The van der Waals surface area contributed by atoms with E-state index in [1.54, 1.807) is 35.7 Å². The van der Waals surface area contributed by atoms with Crippen LogP contribution in [0, 0.1) is 0 Å². The molecule has 0 saturated heterocycles. The normalized spacial score (nSPS) is 10.8. The van der Waals surface area contributed by atoms with Crippen LogP contribution in [0.15, 0.2) is 54.0 Å². The maximum absolute atomic E-state index is 12.0. The van der Waals surface area contributed by atoms with E-state index in [-0.39, 0.29) is 5.91 Å². The Kier molecular flexibility index (Phi) is 5.01. The highest BCUT2D eigenvalue weighted by molar-refractivity contribution is 7.13. The largest absolute Gasteiger partial charge is 0.347 e. The number of hydrogen-bond donors (Lipinski definition) is 1.